The van der Waals surface area contributed by atoms with E-state index in [1.807, 2.05) is 11.4 Å². The summed E-state index contributed by atoms with van der Waals surface area (Å²) in [5.74, 6) is -0.287. The van der Waals surface area contributed by atoms with E-state index in [-0.39, 0.29) is 5.82 Å². The smallest absolute Gasteiger partial charge is 0.127 e. The van der Waals surface area contributed by atoms with Gasteiger partial charge in [0.25, 0.3) is 0 Å². The minimum Gasteiger partial charge on any atom is -0.399 e. The fourth-order valence-corrected chi connectivity index (χ4v) is 2.47. The first-order valence-electron chi connectivity index (χ1n) is 5.52. The number of nitrogens with zero attached hydrogens (tertiary/aromatic N) is 1. The van der Waals surface area contributed by atoms with Crippen LogP contribution in [0.3, 0.4) is 0 Å². The molecule has 2 N–H and O–H groups in total. The van der Waals surface area contributed by atoms with Crippen LogP contribution in [-0.2, 0) is 6.54 Å². The lowest BCUT2D eigenvalue weighted by molar-refractivity contribution is 0.627. The molecule has 0 fully saturated rings. The predicted octanol–water partition coefficient (Wildman–Crippen LogP) is 3.50. The zero-order valence-electron chi connectivity index (χ0n) is 9.69. The fourth-order valence-electron chi connectivity index (χ4n) is 1.76. The maximum absolute atomic E-state index is 13.3. The van der Waals surface area contributed by atoms with Gasteiger partial charge in [0.1, 0.15) is 5.82 Å². The number of hydrogen-bond acceptors (Lipinski definition) is 3. The van der Waals surface area contributed by atoms with Gasteiger partial charge in [-0.25, -0.2) is 4.39 Å². The molecule has 2 aromatic rings. The van der Waals surface area contributed by atoms with Gasteiger partial charge in [0, 0.05) is 22.8 Å². The largest absolute Gasteiger partial charge is 0.399 e. The maximum Gasteiger partial charge on any atom is 0.127 e. The van der Waals surface area contributed by atoms with E-state index in [1.54, 1.807) is 17.4 Å². The van der Waals surface area contributed by atoms with E-state index in [2.05, 4.69) is 17.9 Å². The van der Waals surface area contributed by atoms with Crippen molar-refractivity contribution in [3.63, 3.8) is 0 Å². The van der Waals surface area contributed by atoms with Gasteiger partial charge in [0.2, 0.25) is 0 Å². The third-order valence-corrected chi connectivity index (χ3v) is 3.44. The Labute approximate surface area is 104 Å². The van der Waals surface area contributed by atoms with E-state index in [9.17, 15) is 4.39 Å². The number of nitrogen functional groups attached to an aromatic ring is 1. The van der Waals surface area contributed by atoms with Gasteiger partial charge in [0.05, 0.1) is 6.54 Å². The summed E-state index contributed by atoms with van der Waals surface area (Å²) in [5, 5.41) is 2.04. The summed E-state index contributed by atoms with van der Waals surface area (Å²) in [4.78, 5) is 3.36. The van der Waals surface area contributed by atoms with Crippen molar-refractivity contribution < 1.29 is 4.39 Å². The molecule has 17 heavy (non-hydrogen) atoms. The molecular formula is C13H15FN2S. The zero-order valence-corrected chi connectivity index (χ0v) is 10.5. The van der Waals surface area contributed by atoms with Crippen LogP contribution in [0.2, 0.25) is 0 Å². The third-order valence-electron chi connectivity index (χ3n) is 2.58. The number of thiophene rings is 1. The molecule has 0 spiro atoms. The molecule has 1 aromatic carbocycles. The van der Waals surface area contributed by atoms with Gasteiger partial charge in [-0.2, -0.15) is 0 Å². The van der Waals surface area contributed by atoms with Crippen LogP contribution in [0.15, 0.2) is 35.7 Å². The van der Waals surface area contributed by atoms with Crippen molar-refractivity contribution >= 4 is 22.7 Å². The summed E-state index contributed by atoms with van der Waals surface area (Å²) in [6.07, 6.45) is 0. The van der Waals surface area contributed by atoms with E-state index < -0.39 is 0 Å². The fraction of sp³-hybridized carbons (Fsp3) is 0.231. The highest BCUT2D eigenvalue weighted by molar-refractivity contribution is 7.09. The quantitative estimate of drug-likeness (QED) is 0.842. The van der Waals surface area contributed by atoms with Gasteiger partial charge in [-0.05, 0) is 36.6 Å². The number of hydrogen-bond donors (Lipinski definition) is 1. The first-order valence-corrected chi connectivity index (χ1v) is 6.40. The Morgan fingerprint density at radius 3 is 2.76 bits per heavy atom. The van der Waals surface area contributed by atoms with Gasteiger partial charge in [-0.15, -0.1) is 11.3 Å². The zero-order chi connectivity index (χ0) is 12.3. The molecular weight excluding hydrogens is 235 g/mol. The number of anilines is 2. The van der Waals surface area contributed by atoms with Crippen LogP contribution in [-0.4, -0.2) is 6.54 Å². The van der Waals surface area contributed by atoms with E-state index >= 15 is 0 Å². The Balaban J connectivity index is 2.22. The highest BCUT2D eigenvalue weighted by Gasteiger charge is 2.08. The molecule has 0 amide bonds. The van der Waals surface area contributed by atoms with Gasteiger partial charge in [-0.3, -0.25) is 0 Å². The van der Waals surface area contributed by atoms with Crippen LogP contribution in [0.25, 0.3) is 0 Å². The van der Waals surface area contributed by atoms with Crippen molar-refractivity contribution in [2.24, 2.45) is 0 Å². The monoisotopic (exact) mass is 250 g/mol. The predicted molar refractivity (Wildman–Crippen MR) is 71.9 cm³/mol. The van der Waals surface area contributed by atoms with E-state index in [0.717, 1.165) is 18.8 Å². The Bertz CT molecular complexity index is 462. The summed E-state index contributed by atoms with van der Waals surface area (Å²) in [5.41, 5.74) is 6.96. The molecule has 4 heteroatoms. The molecule has 0 aliphatic carbocycles. The highest BCUT2D eigenvalue weighted by Crippen LogP contribution is 2.23. The molecule has 0 radical (unpaired) electrons. The summed E-state index contributed by atoms with van der Waals surface area (Å²) in [6, 6.07) is 8.76. The minimum absolute atomic E-state index is 0.287. The highest BCUT2D eigenvalue weighted by atomic mass is 32.1. The van der Waals surface area contributed by atoms with Crippen molar-refractivity contribution in [2.75, 3.05) is 17.2 Å². The number of benzene rings is 1. The Kier molecular flexibility index (Phi) is 3.64. The lowest BCUT2D eigenvalue weighted by Crippen LogP contribution is -2.21. The lowest BCUT2D eigenvalue weighted by Gasteiger charge is -2.22. The van der Waals surface area contributed by atoms with Crippen LogP contribution in [0.4, 0.5) is 15.8 Å². The van der Waals surface area contributed by atoms with Gasteiger partial charge >= 0.3 is 0 Å². The van der Waals surface area contributed by atoms with Crippen LogP contribution >= 0.6 is 11.3 Å². The van der Waals surface area contributed by atoms with Crippen molar-refractivity contribution in [3.05, 3.63) is 46.4 Å². The van der Waals surface area contributed by atoms with Gasteiger partial charge < -0.3 is 10.6 Å². The maximum atomic E-state index is 13.3. The number of nitrogens with two attached hydrogens (primary N) is 1. The van der Waals surface area contributed by atoms with Crippen molar-refractivity contribution in [1.82, 2.24) is 0 Å². The summed E-state index contributed by atoms with van der Waals surface area (Å²) < 4.78 is 13.3. The van der Waals surface area contributed by atoms with Crippen LogP contribution in [0.5, 0.6) is 0 Å². The molecule has 0 saturated heterocycles. The molecule has 0 aliphatic heterocycles. The van der Waals surface area contributed by atoms with E-state index in [1.165, 1.54) is 17.0 Å². The van der Waals surface area contributed by atoms with Gasteiger partial charge in [0.15, 0.2) is 0 Å². The van der Waals surface area contributed by atoms with Crippen molar-refractivity contribution in [3.8, 4) is 0 Å². The standard InChI is InChI=1S/C13H15FN2S/c1-2-16(9-13-4-3-5-17-13)12-7-10(14)6-11(15)8-12/h3-8H,2,9,15H2,1H3. The average Bonchev–Trinajstić information content (AvgIpc) is 2.77. The minimum atomic E-state index is -0.287. The molecule has 0 atom stereocenters. The second-order valence-corrected chi connectivity index (χ2v) is 4.87. The number of rotatable bonds is 4. The van der Waals surface area contributed by atoms with Crippen molar-refractivity contribution in [1.29, 1.82) is 0 Å². The molecule has 0 bridgehead atoms. The molecule has 0 saturated carbocycles. The lowest BCUT2D eigenvalue weighted by atomic mass is 10.2. The first-order chi connectivity index (χ1) is 8.19. The van der Waals surface area contributed by atoms with Crippen LogP contribution in [0, 0.1) is 5.82 Å². The van der Waals surface area contributed by atoms with Gasteiger partial charge in [-0.1, -0.05) is 6.07 Å². The number of halogens is 1. The van der Waals surface area contributed by atoms with Crippen LogP contribution in [0.1, 0.15) is 11.8 Å². The van der Waals surface area contributed by atoms with E-state index in [0.29, 0.717) is 5.69 Å². The molecule has 0 aliphatic rings. The summed E-state index contributed by atoms with van der Waals surface area (Å²) in [6.45, 7) is 3.66. The Morgan fingerprint density at radius 1 is 1.35 bits per heavy atom. The molecule has 2 rings (SSSR count). The summed E-state index contributed by atoms with van der Waals surface area (Å²) >= 11 is 1.70. The second kappa shape index (κ2) is 5.19. The Morgan fingerprint density at radius 2 is 2.18 bits per heavy atom. The van der Waals surface area contributed by atoms with Crippen molar-refractivity contribution in [2.45, 2.75) is 13.5 Å². The van der Waals surface area contributed by atoms with Crippen LogP contribution < -0.4 is 10.6 Å². The molecule has 1 aromatic heterocycles. The molecule has 1 heterocycles. The normalized spacial score (nSPS) is 10.5. The topological polar surface area (TPSA) is 29.3 Å². The average molecular weight is 250 g/mol. The van der Waals surface area contributed by atoms with E-state index in [4.69, 9.17) is 5.73 Å². The molecule has 0 unspecified atom stereocenters. The molecule has 2 nitrogen and oxygen atoms in total. The molecule has 90 valence electrons. The summed E-state index contributed by atoms with van der Waals surface area (Å²) in [7, 11) is 0. The second-order valence-electron chi connectivity index (χ2n) is 3.84. The third kappa shape index (κ3) is 2.97. The first kappa shape index (κ1) is 11.9. The Hall–Kier alpha value is -1.55. The SMILES string of the molecule is CCN(Cc1cccs1)c1cc(N)cc(F)c1.